The lowest BCUT2D eigenvalue weighted by molar-refractivity contribution is -0.0176. The van der Waals surface area contributed by atoms with Crippen molar-refractivity contribution in [1.29, 1.82) is 0 Å². The summed E-state index contributed by atoms with van der Waals surface area (Å²) in [6.07, 6.45) is 2.33. The third-order valence-corrected chi connectivity index (χ3v) is 4.48. The highest BCUT2D eigenvalue weighted by Gasteiger charge is 2.39. The molecule has 0 bridgehead atoms. The zero-order valence-electron chi connectivity index (χ0n) is 10.2. The Morgan fingerprint density at radius 1 is 1.61 bits per heavy atom. The van der Waals surface area contributed by atoms with Crippen molar-refractivity contribution >= 4 is 27.2 Å². The van der Waals surface area contributed by atoms with E-state index < -0.39 is 5.60 Å². The average molecular weight is 264 g/mol. The number of thiophene rings is 1. The first-order valence-electron chi connectivity index (χ1n) is 6.09. The van der Waals surface area contributed by atoms with E-state index in [4.69, 9.17) is 4.74 Å². The summed E-state index contributed by atoms with van der Waals surface area (Å²) in [5.41, 5.74) is -0.792. The molecule has 1 fully saturated rings. The van der Waals surface area contributed by atoms with Crippen LogP contribution in [0.2, 0.25) is 0 Å². The molecule has 96 valence electrons. The third kappa shape index (κ3) is 1.98. The van der Waals surface area contributed by atoms with E-state index in [9.17, 15) is 5.11 Å². The summed E-state index contributed by atoms with van der Waals surface area (Å²) in [6.45, 7) is 3.00. The zero-order chi connectivity index (χ0) is 12.6. The van der Waals surface area contributed by atoms with Crippen LogP contribution in [0.4, 0.5) is 5.82 Å². The van der Waals surface area contributed by atoms with Crippen LogP contribution in [0.15, 0.2) is 23.7 Å². The van der Waals surface area contributed by atoms with Gasteiger partial charge in [0.05, 0.1) is 6.10 Å². The Hall–Kier alpha value is -1.17. The number of rotatable bonds is 3. The van der Waals surface area contributed by atoms with Crippen LogP contribution in [-0.4, -0.2) is 34.9 Å². The molecular formula is C13H16N2O2S. The SMILES string of the molecule is CC1OCCC1(O)CNc1nccc2sccc12. The molecular weight excluding hydrogens is 248 g/mol. The van der Waals surface area contributed by atoms with Crippen molar-refractivity contribution in [2.75, 3.05) is 18.5 Å². The van der Waals surface area contributed by atoms with Gasteiger partial charge in [-0.3, -0.25) is 0 Å². The molecule has 1 aliphatic rings. The van der Waals surface area contributed by atoms with E-state index >= 15 is 0 Å². The van der Waals surface area contributed by atoms with Gasteiger partial charge in [-0.05, 0) is 24.4 Å². The summed E-state index contributed by atoms with van der Waals surface area (Å²) in [5.74, 6) is 0.835. The molecule has 2 N–H and O–H groups in total. The van der Waals surface area contributed by atoms with Crippen LogP contribution in [0.5, 0.6) is 0 Å². The number of nitrogens with one attached hydrogen (secondary N) is 1. The highest BCUT2D eigenvalue weighted by molar-refractivity contribution is 7.17. The van der Waals surface area contributed by atoms with Gasteiger partial charge < -0.3 is 15.2 Å². The molecule has 0 aliphatic carbocycles. The van der Waals surface area contributed by atoms with Crippen molar-refractivity contribution in [3.63, 3.8) is 0 Å². The second kappa shape index (κ2) is 4.50. The summed E-state index contributed by atoms with van der Waals surface area (Å²) >= 11 is 1.69. The predicted octanol–water partition coefficient (Wildman–Crippen LogP) is 2.25. The number of hydrogen-bond donors (Lipinski definition) is 2. The molecule has 2 unspecified atom stereocenters. The molecule has 1 saturated heterocycles. The van der Waals surface area contributed by atoms with Crippen LogP contribution >= 0.6 is 11.3 Å². The first kappa shape index (κ1) is 11.9. The van der Waals surface area contributed by atoms with Gasteiger partial charge in [-0.15, -0.1) is 11.3 Å². The molecule has 3 rings (SSSR count). The number of aliphatic hydroxyl groups is 1. The van der Waals surface area contributed by atoms with Crippen molar-refractivity contribution in [2.45, 2.75) is 25.0 Å². The lowest BCUT2D eigenvalue weighted by Gasteiger charge is -2.26. The van der Waals surface area contributed by atoms with Gasteiger partial charge in [-0.1, -0.05) is 0 Å². The fraction of sp³-hybridized carbons (Fsp3) is 0.462. The molecule has 18 heavy (non-hydrogen) atoms. The number of aromatic nitrogens is 1. The maximum absolute atomic E-state index is 10.4. The van der Waals surface area contributed by atoms with Gasteiger partial charge in [-0.2, -0.15) is 0 Å². The van der Waals surface area contributed by atoms with Crippen molar-refractivity contribution in [1.82, 2.24) is 4.98 Å². The normalized spacial score (nSPS) is 27.8. The highest BCUT2D eigenvalue weighted by atomic mass is 32.1. The quantitative estimate of drug-likeness (QED) is 0.892. The number of hydrogen-bond acceptors (Lipinski definition) is 5. The van der Waals surface area contributed by atoms with E-state index in [0.717, 1.165) is 11.2 Å². The lowest BCUT2D eigenvalue weighted by Crippen LogP contribution is -2.43. The van der Waals surface area contributed by atoms with E-state index in [1.54, 1.807) is 17.5 Å². The molecule has 0 radical (unpaired) electrons. The molecule has 0 amide bonds. The third-order valence-electron chi connectivity index (χ3n) is 3.60. The maximum atomic E-state index is 10.4. The molecule has 4 nitrogen and oxygen atoms in total. The first-order valence-corrected chi connectivity index (χ1v) is 6.97. The standard InChI is InChI=1S/C13H16N2O2S/c1-9-13(16,4-6-17-9)8-15-12-10-3-7-18-11(10)2-5-14-12/h2-3,5,7,9,16H,4,6,8H2,1H3,(H,14,15). The smallest absolute Gasteiger partial charge is 0.134 e. The predicted molar refractivity (Wildman–Crippen MR) is 73.1 cm³/mol. The topological polar surface area (TPSA) is 54.4 Å². The minimum Gasteiger partial charge on any atom is -0.385 e. The van der Waals surface area contributed by atoms with Gasteiger partial charge in [0.2, 0.25) is 0 Å². The fourth-order valence-corrected chi connectivity index (χ4v) is 3.06. The van der Waals surface area contributed by atoms with E-state index in [1.807, 2.05) is 24.4 Å². The monoisotopic (exact) mass is 264 g/mol. The molecule has 0 aromatic carbocycles. The molecule has 2 aromatic rings. The van der Waals surface area contributed by atoms with Crippen molar-refractivity contribution in [3.05, 3.63) is 23.7 Å². The van der Waals surface area contributed by atoms with E-state index in [0.29, 0.717) is 19.6 Å². The van der Waals surface area contributed by atoms with Gasteiger partial charge in [0.15, 0.2) is 0 Å². The van der Waals surface area contributed by atoms with Gasteiger partial charge in [0.1, 0.15) is 11.4 Å². The average Bonchev–Trinajstić information content (AvgIpc) is 2.95. The molecule has 2 atom stereocenters. The number of ether oxygens (including phenoxy) is 1. The van der Waals surface area contributed by atoms with Crippen LogP contribution < -0.4 is 5.32 Å². The Bertz CT molecular complexity index is 557. The number of pyridine rings is 1. The summed E-state index contributed by atoms with van der Waals surface area (Å²) in [4.78, 5) is 4.34. The van der Waals surface area contributed by atoms with E-state index in [2.05, 4.69) is 10.3 Å². The minimum absolute atomic E-state index is 0.133. The van der Waals surface area contributed by atoms with Gasteiger partial charge in [-0.25, -0.2) is 4.98 Å². The molecule has 2 aromatic heterocycles. The summed E-state index contributed by atoms with van der Waals surface area (Å²) < 4.78 is 6.62. The van der Waals surface area contributed by atoms with Crippen LogP contribution in [0, 0.1) is 0 Å². The zero-order valence-corrected chi connectivity index (χ0v) is 11.0. The molecule has 0 spiro atoms. The van der Waals surface area contributed by atoms with Gasteiger partial charge in [0.25, 0.3) is 0 Å². The first-order chi connectivity index (χ1) is 8.69. The molecule has 1 aliphatic heterocycles. The minimum atomic E-state index is -0.792. The molecule has 3 heterocycles. The molecule has 5 heteroatoms. The second-order valence-electron chi connectivity index (χ2n) is 4.71. The van der Waals surface area contributed by atoms with Gasteiger partial charge in [0, 0.05) is 35.9 Å². The summed E-state index contributed by atoms with van der Waals surface area (Å²) in [5, 5.41) is 16.8. The lowest BCUT2D eigenvalue weighted by atomic mass is 9.97. The molecule has 0 saturated carbocycles. The van der Waals surface area contributed by atoms with Crippen LogP contribution in [-0.2, 0) is 4.74 Å². The van der Waals surface area contributed by atoms with Gasteiger partial charge >= 0.3 is 0 Å². The van der Waals surface area contributed by atoms with Crippen LogP contribution in [0.25, 0.3) is 10.1 Å². The number of anilines is 1. The van der Waals surface area contributed by atoms with Crippen LogP contribution in [0.3, 0.4) is 0 Å². The fourth-order valence-electron chi connectivity index (χ4n) is 2.28. The Labute approximate surface area is 110 Å². The maximum Gasteiger partial charge on any atom is 0.134 e. The Balaban J connectivity index is 1.79. The summed E-state index contributed by atoms with van der Waals surface area (Å²) in [7, 11) is 0. The van der Waals surface area contributed by atoms with Crippen LogP contribution in [0.1, 0.15) is 13.3 Å². The second-order valence-corrected chi connectivity index (χ2v) is 5.66. The Morgan fingerprint density at radius 2 is 2.50 bits per heavy atom. The van der Waals surface area contributed by atoms with Crippen molar-refractivity contribution in [3.8, 4) is 0 Å². The Kier molecular flexibility index (Phi) is 2.97. The largest absolute Gasteiger partial charge is 0.385 e. The number of fused-ring (bicyclic) bond motifs is 1. The number of nitrogens with zero attached hydrogens (tertiary/aromatic N) is 1. The Morgan fingerprint density at radius 3 is 3.28 bits per heavy atom. The highest BCUT2D eigenvalue weighted by Crippen LogP contribution is 2.29. The van der Waals surface area contributed by atoms with Crippen molar-refractivity contribution < 1.29 is 9.84 Å². The summed E-state index contributed by atoms with van der Waals surface area (Å²) in [6, 6.07) is 4.05. The van der Waals surface area contributed by atoms with Crippen molar-refractivity contribution in [2.24, 2.45) is 0 Å². The van der Waals surface area contributed by atoms with E-state index in [-0.39, 0.29) is 6.10 Å². The van der Waals surface area contributed by atoms with E-state index in [1.165, 1.54) is 4.70 Å².